The zero-order chi connectivity index (χ0) is 75.6. The number of aromatic nitrogens is 2. The van der Waals surface area contributed by atoms with Gasteiger partial charge in [0.05, 0.1) is 85.6 Å². The van der Waals surface area contributed by atoms with Crippen LogP contribution in [-0.2, 0) is 10.8 Å². The summed E-state index contributed by atoms with van der Waals surface area (Å²) in [5.74, 6) is -1.32. The first-order valence-corrected chi connectivity index (χ1v) is 23.6. The minimum atomic E-state index is -1.17. The Morgan fingerprint density at radius 3 is 1.07 bits per heavy atom. The smallest absolute Gasteiger partial charge is 0.0653 e. The fourth-order valence-corrected chi connectivity index (χ4v) is 9.49. The highest BCUT2D eigenvalue weighted by molar-refractivity contribution is 6.32. The molecule has 0 spiro atoms. The predicted octanol–water partition coefficient (Wildman–Crippen LogP) is 19.8. The number of fused-ring (bicyclic) bond motifs is 12. The molecule has 4 heteroatoms. The van der Waals surface area contributed by atoms with Crippen molar-refractivity contribution in [2.24, 2.45) is 0 Å². The molecular formula is C68H62N4. The van der Waals surface area contributed by atoms with E-state index in [0.29, 0.717) is 0 Å². The molecule has 0 unspecified atom stereocenters. The second kappa shape index (κ2) is 15.8. The number of anilines is 6. The SMILES string of the molecule is [2H]c1c([2H])c([2H])c(N(c2c([2H])c([2H])c(C(C)C)c([2H])c2[2H])c2c([2H])c([2H])c3c4c([2H])c5c(c([2H])c4n4c6c([2H])c([2H])c(C(C)(C)C)c([2H])c6c2c34)c2c([2H])c([2H])c(N(c3c([2H])c([2H])c([2H])c([2H])c3[2H])c3c([2H])c([2H])c(C(C)C)c([2H])c3[2H])c3c4c([2H])c(C(C)(C)C)c([2H])c([2H])c4n5c23)c([2H])c1[2H]. The summed E-state index contributed by atoms with van der Waals surface area (Å²) in [6, 6.07) is -24.0. The average molecular weight is 965 g/mol. The summed E-state index contributed by atoms with van der Waals surface area (Å²) < 4.78 is 293. The zero-order valence-electron chi connectivity index (χ0n) is 70.9. The standard InChI is InChI=1S/C68H62N4/c1-41(2)43-21-27-49(28-22-43)69(47-17-13-11-14-18-47)59-35-31-51-53-39-62-54(40-61(53)71-57-33-25-45(67(5,6)7)37-55(57)63(59)65(51)71)52-32-36-60(64-56-38-46(68(8,9)10)26-34-58(56)72(62)66(52)64)70(48-19-15-12-16-20-48)50-29-23-44(24-30-50)42(3)4/h11-42H,1-10H3/i11D,12D,13D,14D,15D,16D,17D,18D,19D,20D,21D,22D,23D,24D,25D,26D,27D,28D,29D,30D,31D,32D,33D,34D,35D,36D,37D,38D,39D,40D. The number of para-hydroxylation sites is 2. The molecule has 0 fully saturated rings. The van der Waals surface area contributed by atoms with E-state index >= 15 is 0 Å². The highest BCUT2D eigenvalue weighted by atomic mass is 15.2. The normalized spacial score (nSPS) is 18.7. The summed E-state index contributed by atoms with van der Waals surface area (Å²) in [6.07, 6.45) is 0. The summed E-state index contributed by atoms with van der Waals surface area (Å²) in [5, 5.41) is -3.09. The first-order valence-electron chi connectivity index (χ1n) is 38.6. The molecule has 0 aliphatic carbocycles. The third-order valence-corrected chi connectivity index (χ3v) is 13.2. The van der Waals surface area contributed by atoms with Crippen molar-refractivity contribution >= 4 is 110 Å². The van der Waals surface area contributed by atoms with Gasteiger partial charge in [0.15, 0.2) is 0 Å². The van der Waals surface area contributed by atoms with Crippen LogP contribution in [0.3, 0.4) is 0 Å². The van der Waals surface area contributed by atoms with Crippen molar-refractivity contribution in [3.8, 4) is 0 Å². The molecule has 0 radical (unpaired) electrons. The van der Waals surface area contributed by atoms with Gasteiger partial charge in [-0.05, 0) is 142 Å². The Morgan fingerprint density at radius 1 is 0.361 bits per heavy atom. The van der Waals surface area contributed by atoms with Crippen molar-refractivity contribution in [2.45, 2.75) is 91.9 Å². The molecule has 13 rings (SSSR count). The van der Waals surface area contributed by atoms with Gasteiger partial charge in [0.1, 0.15) is 0 Å². The lowest BCUT2D eigenvalue weighted by molar-refractivity contribution is 0.591. The molecule has 0 atom stereocenters. The largest absolute Gasteiger partial charge is 0.310 e. The quantitative estimate of drug-likeness (QED) is 0.151. The summed E-state index contributed by atoms with van der Waals surface area (Å²) in [5.41, 5.74) is -9.62. The molecule has 4 aromatic heterocycles. The van der Waals surface area contributed by atoms with Crippen LogP contribution in [0.15, 0.2) is 181 Å². The second-order valence-electron chi connectivity index (χ2n) is 20.7. The molecule has 0 aliphatic heterocycles. The first-order chi connectivity index (χ1) is 47.2. The van der Waals surface area contributed by atoms with Gasteiger partial charge in [-0.25, -0.2) is 0 Å². The van der Waals surface area contributed by atoms with Gasteiger partial charge in [-0.3, -0.25) is 0 Å². The van der Waals surface area contributed by atoms with Crippen LogP contribution in [0.25, 0.3) is 76.2 Å². The number of hydrogen-bond donors (Lipinski definition) is 0. The summed E-state index contributed by atoms with van der Waals surface area (Å²) >= 11 is 0. The van der Waals surface area contributed by atoms with Gasteiger partial charge < -0.3 is 18.6 Å². The van der Waals surface area contributed by atoms with Crippen molar-refractivity contribution in [3.05, 3.63) is 204 Å². The Morgan fingerprint density at radius 2 is 0.722 bits per heavy atom. The fraction of sp³-hybridized carbons (Fsp3) is 0.206. The van der Waals surface area contributed by atoms with Crippen LogP contribution >= 0.6 is 0 Å². The third-order valence-electron chi connectivity index (χ3n) is 13.2. The van der Waals surface area contributed by atoms with Gasteiger partial charge in [0.2, 0.25) is 0 Å². The van der Waals surface area contributed by atoms with Crippen molar-refractivity contribution in [1.29, 1.82) is 0 Å². The van der Waals surface area contributed by atoms with Crippen LogP contribution in [0.1, 0.15) is 144 Å². The van der Waals surface area contributed by atoms with E-state index in [0.717, 1.165) is 9.80 Å². The Labute approximate surface area is 465 Å². The van der Waals surface area contributed by atoms with Crippen LogP contribution in [0.2, 0.25) is 0 Å². The van der Waals surface area contributed by atoms with Crippen molar-refractivity contribution < 1.29 is 41.1 Å². The van der Waals surface area contributed by atoms with E-state index in [-0.39, 0.29) is 44.1 Å². The number of rotatable bonds is 8. The van der Waals surface area contributed by atoms with Crippen LogP contribution in [0, 0.1) is 0 Å². The van der Waals surface area contributed by atoms with E-state index in [2.05, 4.69) is 0 Å². The maximum atomic E-state index is 10.8. The molecule has 0 bridgehead atoms. The average Bonchev–Trinajstić information content (AvgIpc) is 1.48. The molecular weight excluding hydrogens is 873 g/mol. The molecule has 4 heterocycles. The molecule has 4 nitrogen and oxygen atoms in total. The van der Waals surface area contributed by atoms with Gasteiger partial charge >= 0.3 is 0 Å². The molecule has 0 saturated carbocycles. The lowest BCUT2D eigenvalue weighted by Crippen LogP contribution is -2.11. The van der Waals surface area contributed by atoms with Crippen LogP contribution < -0.4 is 9.80 Å². The number of hydrogen-bond acceptors (Lipinski definition) is 2. The molecule has 0 saturated heterocycles. The Hall–Kier alpha value is -7.82. The molecule has 9 aromatic carbocycles. The molecule has 0 N–H and O–H groups in total. The van der Waals surface area contributed by atoms with Crippen molar-refractivity contribution in [1.82, 2.24) is 8.80 Å². The van der Waals surface area contributed by atoms with Gasteiger partial charge in [-0.1, -0.05) is 154 Å². The van der Waals surface area contributed by atoms with Gasteiger partial charge in [0, 0.05) is 65.8 Å². The highest BCUT2D eigenvalue weighted by Gasteiger charge is 2.29. The summed E-state index contributed by atoms with van der Waals surface area (Å²) in [6.45, 7) is 16.3. The second-order valence-corrected chi connectivity index (χ2v) is 20.7. The van der Waals surface area contributed by atoms with Crippen LogP contribution in [0.5, 0.6) is 0 Å². The van der Waals surface area contributed by atoms with Gasteiger partial charge in [-0.2, -0.15) is 0 Å². The predicted molar refractivity (Wildman–Crippen MR) is 311 cm³/mol. The van der Waals surface area contributed by atoms with Gasteiger partial charge in [-0.15, -0.1) is 0 Å². The lowest BCUT2D eigenvalue weighted by atomic mass is 9.86. The monoisotopic (exact) mass is 965 g/mol. The zero-order valence-corrected chi connectivity index (χ0v) is 40.9. The van der Waals surface area contributed by atoms with Crippen molar-refractivity contribution in [2.75, 3.05) is 9.80 Å². The number of nitrogens with zero attached hydrogens (tertiary/aromatic N) is 4. The van der Waals surface area contributed by atoms with Crippen LogP contribution in [0.4, 0.5) is 34.1 Å². The summed E-state index contributed by atoms with van der Waals surface area (Å²) in [7, 11) is 0. The van der Waals surface area contributed by atoms with Crippen molar-refractivity contribution in [3.63, 3.8) is 0 Å². The highest BCUT2D eigenvalue weighted by Crippen LogP contribution is 2.52. The minimum absolute atomic E-state index is 0.0738. The van der Waals surface area contributed by atoms with E-state index in [1.54, 1.807) is 69.2 Å². The topological polar surface area (TPSA) is 15.3 Å². The molecule has 354 valence electrons. The molecule has 13 aromatic rings. The molecule has 72 heavy (non-hydrogen) atoms. The van der Waals surface area contributed by atoms with E-state index in [1.165, 1.54) is 8.80 Å². The van der Waals surface area contributed by atoms with E-state index in [1.807, 2.05) is 0 Å². The Kier molecular flexibility index (Phi) is 5.00. The Balaban J connectivity index is 1.35. The van der Waals surface area contributed by atoms with E-state index in [9.17, 15) is 32.9 Å². The maximum absolute atomic E-state index is 10.8. The van der Waals surface area contributed by atoms with Gasteiger partial charge in [0.25, 0.3) is 0 Å². The van der Waals surface area contributed by atoms with E-state index < -0.39 is 292 Å². The minimum Gasteiger partial charge on any atom is -0.310 e. The Bertz CT molecular complexity index is 5570. The first kappa shape index (κ1) is 22.7. The van der Waals surface area contributed by atoms with Crippen LogP contribution in [-0.4, -0.2) is 8.80 Å². The molecule has 0 aliphatic rings. The third kappa shape index (κ3) is 6.57. The lowest BCUT2D eigenvalue weighted by Gasteiger charge is -2.27. The summed E-state index contributed by atoms with van der Waals surface area (Å²) in [4.78, 5) is 1.48. The molecule has 0 amide bonds. The van der Waals surface area contributed by atoms with E-state index in [4.69, 9.17) is 8.22 Å². The fourth-order valence-electron chi connectivity index (χ4n) is 9.49. The number of benzene rings is 9. The maximum Gasteiger partial charge on any atom is 0.0653 e.